The van der Waals surface area contributed by atoms with Crippen LogP contribution in [0.3, 0.4) is 0 Å². The Labute approximate surface area is 431 Å². The van der Waals surface area contributed by atoms with Crippen molar-refractivity contribution >= 4 is 79.2 Å². The van der Waals surface area contributed by atoms with E-state index in [4.69, 9.17) is 24.5 Å². The van der Waals surface area contributed by atoms with Gasteiger partial charge >= 0.3 is 19.3 Å². The number of carbonyl (C=O) groups excluding carboxylic acids is 2. The van der Waals surface area contributed by atoms with Crippen molar-refractivity contribution in [1.82, 2.24) is 29.7 Å². The molecule has 4 N–H and O–H groups in total. The first kappa shape index (κ1) is 52.9. The smallest absolute Gasteiger partial charge is 0.444 e. The van der Waals surface area contributed by atoms with E-state index in [2.05, 4.69) is 120 Å². The molecule has 0 bridgehead atoms. The standard InChI is InChI=1S/C26H30BrN3O2.C14H22IN3O2.C12H10BBrO2/c1-16-14-22(30(15-16)25(31)32-26(3,4)5)24-28-17(2)23(29-24)20-8-6-18(7-9-20)19-10-12-21(27)13-11-19;1-8-6-10(12-16-9(2)11(15)17-12)18(7-8)13(19)20-14(3,4)5;14-12-7-3-10(4-8-12)9-1-5-11(6-2-9)13(15)16/h6-13,16,22H,14-15H2,1-5H3,(H,28,29);8,10H,6-7H2,1-5H3,(H,16,17);1-8,15-16H/t16-,22-;8-,10-;/m00./s1. The highest BCUT2D eigenvalue weighted by atomic mass is 127. The molecule has 2 aromatic heterocycles. The van der Waals surface area contributed by atoms with Crippen LogP contribution >= 0.6 is 54.5 Å². The van der Waals surface area contributed by atoms with Crippen molar-refractivity contribution in [3.05, 3.63) is 133 Å². The van der Waals surface area contributed by atoms with E-state index < -0.39 is 18.3 Å². The zero-order valence-corrected chi connectivity index (χ0v) is 45.7. The van der Waals surface area contributed by atoms with Gasteiger partial charge in [-0.3, -0.25) is 9.80 Å². The molecule has 16 heteroatoms. The van der Waals surface area contributed by atoms with E-state index in [9.17, 15) is 9.59 Å². The summed E-state index contributed by atoms with van der Waals surface area (Å²) in [4.78, 5) is 44.9. The highest BCUT2D eigenvalue weighted by molar-refractivity contribution is 14.1. The van der Waals surface area contributed by atoms with Gasteiger partial charge in [-0.05, 0) is 155 Å². The van der Waals surface area contributed by atoms with Crippen LogP contribution in [0.1, 0.15) is 103 Å². The number of carbonyl (C=O) groups is 2. The van der Waals surface area contributed by atoms with Crippen molar-refractivity contribution in [3.63, 3.8) is 0 Å². The lowest BCUT2D eigenvalue weighted by atomic mass is 9.80. The number of likely N-dealkylation sites (tertiary alicyclic amines) is 2. The monoisotopic (exact) mass is 1160 g/mol. The minimum atomic E-state index is -1.40. The molecule has 8 rings (SSSR count). The molecule has 4 aromatic carbocycles. The Balaban J connectivity index is 0.000000181. The molecule has 6 aromatic rings. The zero-order valence-electron chi connectivity index (χ0n) is 40.4. The van der Waals surface area contributed by atoms with E-state index >= 15 is 0 Å². The van der Waals surface area contributed by atoms with Gasteiger partial charge in [-0.25, -0.2) is 19.6 Å². The van der Waals surface area contributed by atoms with Crippen molar-refractivity contribution in [2.75, 3.05) is 13.1 Å². The molecule has 0 spiro atoms. The van der Waals surface area contributed by atoms with Crippen molar-refractivity contribution in [3.8, 4) is 33.5 Å². The fraction of sp³-hybridized carbons (Fsp3) is 0.385. The van der Waals surface area contributed by atoms with Crippen LogP contribution in [-0.2, 0) is 9.47 Å². The molecule has 0 radical (unpaired) electrons. The number of rotatable bonds is 6. The maximum atomic E-state index is 12.8. The summed E-state index contributed by atoms with van der Waals surface area (Å²) in [5.41, 5.74) is 8.02. The van der Waals surface area contributed by atoms with Crippen LogP contribution < -0.4 is 5.46 Å². The van der Waals surface area contributed by atoms with E-state index in [-0.39, 0.29) is 24.3 Å². The third-order valence-corrected chi connectivity index (χ3v) is 13.5. The maximum Gasteiger partial charge on any atom is 0.488 e. The van der Waals surface area contributed by atoms with Crippen LogP contribution in [-0.4, -0.2) is 83.4 Å². The Bertz CT molecular complexity index is 2610. The molecule has 68 heavy (non-hydrogen) atoms. The Morgan fingerprint density at radius 3 is 1.34 bits per heavy atom. The predicted octanol–water partition coefficient (Wildman–Crippen LogP) is 12.6. The number of imidazole rings is 2. The molecular weight excluding hydrogens is 1100 g/mol. The summed E-state index contributed by atoms with van der Waals surface area (Å²) in [7, 11) is -1.40. The molecule has 2 aliphatic rings. The van der Waals surface area contributed by atoms with Gasteiger partial charge in [-0.2, -0.15) is 0 Å². The number of benzene rings is 4. The van der Waals surface area contributed by atoms with Crippen LogP contribution in [0.15, 0.2) is 106 Å². The van der Waals surface area contributed by atoms with Gasteiger partial charge in [-0.1, -0.05) is 119 Å². The number of ether oxygens (including phenoxy) is 2. The SMILES string of the molecule is Cc1[nH]c([C@@H]2C[C@H](C)CN2C(=O)OC(C)(C)C)nc1-c1ccc(-c2ccc(Br)cc2)cc1.Cc1[nH]c([C@@H]2C[C@H](C)CN2C(=O)OC(C)(C)C)nc1I.OB(O)c1ccc(-c2ccc(Br)cc2)cc1. The van der Waals surface area contributed by atoms with E-state index in [1.807, 2.05) is 109 Å². The van der Waals surface area contributed by atoms with Gasteiger partial charge in [0.2, 0.25) is 0 Å². The molecule has 4 atom stereocenters. The van der Waals surface area contributed by atoms with Crippen LogP contribution in [0.2, 0.25) is 0 Å². The Hall–Kier alpha value is -4.49. The van der Waals surface area contributed by atoms with Crippen molar-refractivity contribution in [2.45, 2.75) is 105 Å². The highest BCUT2D eigenvalue weighted by Gasteiger charge is 2.40. The molecule has 0 unspecified atom stereocenters. The number of nitrogens with one attached hydrogen (secondary N) is 2. The minimum absolute atomic E-state index is 0.0120. The summed E-state index contributed by atoms with van der Waals surface area (Å²) < 4.78 is 14.2. The zero-order chi connectivity index (χ0) is 49.7. The second-order valence-corrected chi connectivity index (χ2v) is 22.6. The van der Waals surface area contributed by atoms with Gasteiger partial charge in [0.1, 0.15) is 26.6 Å². The number of hydrogen-bond donors (Lipinski definition) is 4. The molecule has 2 fully saturated rings. The second kappa shape index (κ2) is 22.5. The Morgan fingerprint density at radius 2 is 0.971 bits per heavy atom. The Morgan fingerprint density at radius 1 is 0.618 bits per heavy atom. The van der Waals surface area contributed by atoms with E-state index in [0.29, 0.717) is 23.8 Å². The van der Waals surface area contributed by atoms with Crippen molar-refractivity contribution < 1.29 is 29.1 Å². The number of H-pyrrole nitrogens is 2. The summed E-state index contributed by atoms with van der Waals surface area (Å²) in [6, 6.07) is 31.8. The molecule has 360 valence electrons. The number of nitrogens with zero attached hydrogens (tertiary/aromatic N) is 4. The first-order chi connectivity index (χ1) is 31.9. The quantitative estimate of drug-likeness (QED) is 0.0948. The van der Waals surface area contributed by atoms with Crippen LogP contribution in [0.4, 0.5) is 9.59 Å². The minimum Gasteiger partial charge on any atom is -0.444 e. The number of halogens is 3. The fourth-order valence-electron chi connectivity index (χ4n) is 8.15. The van der Waals surface area contributed by atoms with Crippen LogP contribution in [0.5, 0.6) is 0 Å². The number of amides is 2. The highest BCUT2D eigenvalue weighted by Crippen LogP contribution is 2.38. The average molecular weight is 1160 g/mol. The first-order valence-electron chi connectivity index (χ1n) is 22.8. The van der Waals surface area contributed by atoms with Crippen LogP contribution in [0, 0.1) is 29.4 Å². The second-order valence-electron chi connectivity index (χ2n) is 19.7. The molecule has 0 saturated carbocycles. The van der Waals surface area contributed by atoms with Gasteiger partial charge < -0.3 is 29.5 Å². The average Bonchev–Trinajstić information content (AvgIpc) is 4.05. The summed E-state index contributed by atoms with van der Waals surface area (Å²) in [5, 5.41) is 17.9. The molecule has 2 aliphatic heterocycles. The third-order valence-electron chi connectivity index (χ3n) is 11.4. The van der Waals surface area contributed by atoms with Crippen molar-refractivity contribution in [2.24, 2.45) is 11.8 Å². The van der Waals surface area contributed by atoms with Gasteiger partial charge in [0.25, 0.3) is 0 Å². The third kappa shape index (κ3) is 14.3. The lowest BCUT2D eigenvalue weighted by Gasteiger charge is -2.27. The van der Waals surface area contributed by atoms with Gasteiger partial charge in [0, 0.05) is 39.0 Å². The predicted molar refractivity (Wildman–Crippen MR) is 286 cm³/mol. The molecule has 2 saturated heterocycles. The summed E-state index contributed by atoms with van der Waals surface area (Å²) in [6.07, 6.45) is 1.26. The molecule has 2 amide bonds. The molecule has 4 heterocycles. The topological polar surface area (TPSA) is 157 Å². The van der Waals surface area contributed by atoms with E-state index in [1.165, 1.54) is 5.56 Å². The number of aromatic amines is 2. The molecule has 0 aliphatic carbocycles. The van der Waals surface area contributed by atoms with Gasteiger partial charge in [0.15, 0.2) is 0 Å². The number of hydrogen-bond acceptors (Lipinski definition) is 8. The van der Waals surface area contributed by atoms with Gasteiger partial charge in [-0.15, -0.1) is 0 Å². The normalized spacial score (nSPS) is 18.0. The number of aromatic nitrogens is 4. The largest absolute Gasteiger partial charge is 0.488 e. The van der Waals surface area contributed by atoms with Crippen molar-refractivity contribution in [1.29, 1.82) is 0 Å². The van der Waals surface area contributed by atoms with E-state index in [1.54, 1.807) is 17.0 Å². The maximum absolute atomic E-state index is 12.8. The lowest BCUT2D eigenvalue weighted by Crippen LogP contribution is -2.37. The number of aryl methyl sites for hydroxylation is 2. The summed E-state index contributed by atoms with van der Waals surface area (Å²) in [5.74, 6) is 2.54. The Kier molecular flexibility index (Phi) is 17.5. The first-order valence-corrected chi connectivity index (χ1v) is 25.5. The van der Waals surface area contributed by atoms with Crippen LogP contribution in [0.25, 0.3) is 33.5 Å². The molecule has 12 nitrogen and oxygen atoms in total. The van der Waals surface area contributed by atoms with Gasteiger partial charge in [0.05, 0.1) is 17.8 Å². The lowest BCUT2D eigenvalue weighted by molar-refractivity contribution is 0.0204. The molecular formula is C52H62BBr2IN6O6. The summed E-state index contributed by atoms with van der Waals surface area (Å²) >= 11 is 9.07. The fourth-order valence-corrected chi connectivity index (χ4v) is 9.07. The van der Waals surface area contributed by atoms with E-state index in [0.717, 1.165) is 83.0 Å². The summed E-state index contributed by atoms with van der Waals surface area (Å²) in [6.45, 7) is 21.1.